The first-order valence-corrected chi connectivity index (χ1v) is 9.59. The van der Waals surface area contributed by atoms with Gasteiger partial charge >= 0.3 is 0 Å². The first-order chi connectivity index (χ1) is 14.3. The van der Waals surface area contributed by atoms with Crippen molar-refractivity contribution in [1.29, 1.82) is 0 Å². The molecule has 3 heteroatoms. The molecular formula is C26H20N2O. The lowest BCUT2D eigenvalue weighted by Gasteiger charge is -2.11. The number of aliphatic imine (C=N–C) groups is 1. The molecule has 0 saturated heterocycles. The topological polar surface area (TPSA) is 51.5 Å². The maximum atomic E-state index is 6.22. The number of nitrogens with two attached hydrogens (primary N) is 1. The number of furan rings is 1. The van der Waals surface area contributed by atoms with Gasteiger partial charge in [-0.05, 0) is 23.8 Å². The average Bonchev–Trinajstić information content (AvgIpc) is 3.15. The van der Waals surface area contributed by atoms with Crippen molar-refractivity contribution in [3.63, 3.8) is 0 Å². The number of nitrogens with zero attached hydrogens (tertiary/aromatic N) is 1. The summed E-state index contributed by atoms with van der Waals surface area (Å²) < 4.78 is 6.22. The summed E-state index contributed by atoms with van der Waals surface area (Å²) in [4.78, 5) is 4.53. The van der Waals surface area contributed by atoms with E-state index in [2.05, 4.69) is 53.5 Å². The predicted molar refractivity (Wildman–Crippen MR) is 122 cm³/mol. The highest BCUT2D eigenvalue weighted by Gasteiger charge is 2.14. The molecule has 5 rings (SSSR count). The van der Waals surface area contributed by atoms with Gasteiger partial charge in [-0.25, -0.2) is 0 Å². The Morgan fingerprint density at radius 1 is 0.793 bits per heavy atom. The predicted octanol–water partition coefficient (Wildman–Crippen LogP) is 6.30. The van der Waals surface area contributed by atoms with Crippen LogP contribution in [0.2, 0.25) is 0 Å². The molecule has 2 N–H and O–H groups in total. The number of hydrogen-bond acceptors (Lipinski definition) is 3. The van der Waals surface area contributed by atoms with Crippen LogP contribution in [0.25, 0.3) is 33.1 Å². The van der Waals surface area contributed by atoms with Gasteiger partial charge in [0.15, 0.2) is 0 Å². The largest absolute Gasteiger partial charge is 0.455 e. The van der Waals surface area contributed by atoms with Crippen LogP contribution in [-0.4, -0.2) is 12.8 Å². The summed E-state index contributed by atoms with van der Waals surface area (Å²) in [6.07, 6.45) is 0. The minimum Gasteiger partial charge on any atom is -0.455 e. The average molecular weight is 376 g/mol. The quantitative estimate of drug-likeness (QED) is 0.297. The molecule has 0 atom stereocenters. The normalized spacial score (nSPS) is 12.0. The van der Waals surface area contributed by atoms with Crippen LogP contribution in [-0.2, 0) is 0 Å². The summed E-state index contributed by atoms with van der Waals surface area (Å²) in [5, 5.41) is 2.26. The molecule has 0 aliphatic heterocycles. The fourth-order valence-electron chi connectivity index (χ4n) is 3.93. The third kappa shape index (κ3) is 2.88. The molecule has 0 unspecified atom stereocenters. The number of anilines is 1. The summed E-state index contributed by atoms with van der Waals surface area (Å²) in [5.74, 6) is 0. The van der Waals surface area contributed by atoms with Crippen LogP contribution in [0.1, 0.15) is 11.1 Å². The number of para-hydroxylation sites is 3. The van der Waals surface area contributed by atoms with Crippen molar-refractivity contribution >= 4 is 33.3 Å². The molecule has 0 radical (unpaired) electrons. The lowest BCUT2D eigenvalue weighted by molar-refractivity contribution is 0.670. The molecule has 0 aliphatic carbocycles. The summed E-state index contributed by atoms with van der Waals surface area (Å²) in [6.45, 7) is 0. The van der Waals surface area contributed by atoms with Crippen LogP contribution >= 0.6 is 0 Å². The van der Waals surface area contributed by atoms with E-state index in [0.717, 1.165) is 55.6 Å². The molecule has 0 amide bonds. The second kappa shape index (κ2) is 6.95. The minimum atomic E-state index is 0.720. The maximum absolute atomic E-state index is 6.22. The zero-order valence-corrected chi connectivity index (χ0v) is 16.1. The maximum Gasteiger partial charge on any atom is 0.143 e. The first-order valence-electron chi connectivity index (χ1n) is 9.59. The molecule has 0 spiro atoms. The molecule has 0 aliphatic rings. The molecule has 0 fully saturated rings. The molecule has 0 saturated carbocycles. The van der Waals surface area contributed by atoms with Crippen molar-refractivity contribution in [2.45, 2.75) is 0 Å². The Hall–Kier alpha value is -3.85. The SMILES string of the molecule is CN=C(c1cccc(-c2cccc3c2oc2ccccc23)c1)c1ccccc1N. The van der Waals surface area contributed by atoms with Gasteiger partial charge in [0, 0.05) is 40.2 Å². The Morgan fingerprint density at radius 3 is 2.41 bits per heavy atom. The van der Waals surface area contributed by atoms with Crippen LogP contribution in [0.15, 0.2) is 100 Å². The summed E-state index contributed by atoms with van der Waals surface area (Å²) in [6, 6.07) is 30.6. The monoisotopic (exact) mass is 376 g/mol. The highest BCUT2D eigenvalue weighted by atomic mass is 16.3. The Balaban J connectivity index is 1.68. The standard InChI is InChI=1S/C26H20N2O/c1-28-25(22-11-2-4-14-23(22)27)18-9-6-8-17(16-18)19-12-7-13-21-20-10-3-5-15-24(20)29-26(19)21/h2-16H,27H2,1H3. The highest BCUT2D eigenvalue weighted by molar-refractivity contribution is 6.16. The minimum absolute atomic E-state index is 0.720. The van der Waals surface area contributed by atoms with Gasteiger partial charge in [0.2, 0.25) is 0 Å². The fourth-order valence-corrected chi connectivity index (χ4v) is 3.93. The number of nitrogen functional groups attached to an aromatic ring is 1. The van der Waals surface area contributed by atoms with Crippen molar-refractivity contribution in [2.24, 2.45) is 4.99 Å². The second-order valence-electron chi connectivity index (χ2n) is 7.02. The van der Waals surface area contributed by atoms with Crippen LogP contribution in [0.3, 0.4) is 0 Å². The van der Waals surface area contributed by atoms with E-state index in [0.29, 0.717) is 0 Å². The summed E-state index contributed by atoms with van der Waals surface area (Å²) in [5.41, 5.74) is 13.7. The van der Waals surface area contributed by atoms with E-state index in [1.165, 1.54) is 0 Å². The Bertz CT molecular complexity index is 1380. The van der Waals surface area contributed by atoms with E-state index in [1.54, 1.807) is 7.05 Å². The van der Waals surface area contributed by atoms with Gasteiger partial charge in [-0.1, -0.05) is 72.8 Å². The third-order valence-corrected chi connectivity index (χ3v) is 5.29. The molecule has 1 aromatic heterocycles. The van der Waals surface area contributed by atoms with Crippen LogP contribution in [0, 0.1) is 0 Å². The van der Waals surface area contributed by atoms with Gasteiger partial charge in [0.1, 0.15) is 11.2 Å². The van der Waals surface area contributed by atoms with Gasteiger partial charge in [0.25, 0.3) is 0 Å². The molecule has 140 valence electrons. The molecule has 0 bridgehead atoms. The lowest BCUT2D eigenvalue weighted by Crippen LogP contribution is -2.06. The van der Waals surface area contributed by atoms with Gasteiger partial charge in [-0.15, -0.1) is 0 Å². The van der Waals surface area contributed by atoms with E-state index >= 15 is 0 Å². The van der Waals surface area contributed by atoms with Crippen molar-refractivity contribution in [2.75, 3.05) is 12.8 Å². The van der Waals surface area contributed by atoms with Gasteiger partial charge in [-0.2, -0.15) is 0 Å². The van der Waals surface area contributed by atoms with Gasteiger partial charge in [-0.3, -0.25) is 4.99 Å². The van der Waals surface area contributed by atoms with Crippen LogP contribution < -0.4 is 5.73 Å². The smallest absolute Gasteiger partial charge is 0.143 e. The zero-order chi connectivity index (χ0) is 19.8. The van der Waals surface area contributed by atoms with Crippen molar-refractivity contribution < 1.29 is 4.42 Å². The van der Waals surface area contributed by atoms with Crippen molar-refractivity contribution in [3.05, 3.63) is 102 Å². The molecule has 29 heavy (non-hydrogen) atoms. The first kappa shape index (κ1) is 17.3. The van der Waals surface area contributed by atoms with E-state index in [-0.39, 0.29) is 0 Å². The van der Waals surface area contributed by atoms with E-state index < -0.39 is 0 Å². The van der Waals surface area contributed by atoms with Gasteiger partial charge in [0.05, 0.1) is 5.71 Å². The summed E-state index contributed by atoms with van der Waals surface area (Å²) in [7, 11) is 1.80. The van der Waals surface area contributed by atoms with E-state index in [4.69, 9.17) is 10.2 Å². The van der Waals surface area contributed by atoms with Crippen molar-refractivity contribution in [3.8, 4) is 11.1 Å². The van der Waals surface area contributed by atoms with E-state index in [1.807, 2.05) is 42.5 Å². The molecule has 1 heterocycles. The third-order valence-electron chi connectivity index (χ3n) is 5.29. The number of benzene rings is 4. The Labute approximate surface area is 169 Å². The Morgan fingerprint density at radius 2 is 1.55 bits per heavy atom. The molecule has 5 aromatic rings. The van der Waals surface area contributed by atoms with Crippen LogP contribution in [0.4, 0.5) is 5.69 Å². The summed E-state index contributed by atoms with van der Waals surface area (Å²) >= 11 is 0. The highest BCUT2D eigenvalue weighted by Crippen LogP contribution is 2.36. The molecular weight excluding hydrogens is 356 g/mol. The molecule has 4 aromatic carbocycles. The van der Waals surface area contributed by atoms with E-state index in [9.17, 15) is 0 Å². The second-order valence-corrected chi connectivity index (χ2v) is 7.02. The number of rotatable bonds is 3. The fraction of sp³-hybridized carbons (Fsp3) is 0.0385. The van der Waals surface area contributed by atoms with Crippen molar-refractivity contribution in [1.82, 2.24) is 0 Å². The Kier molecular flexibility index (Phi) is 4.14. The molecule has 3 nitrogen and oxygen atoms in total. The number of hydrogen-bond donors (Lipinski definition) is 1. The van der Waals surface area contributed by atoms with Gasteiger partial charge < -0.3 is 10.2 Å². The zero-order valence-electron chi connectivity index (χ0n) is 16.1. The van der Waals surface area contributed by atoms with Crippen LogP contribution in [0.5, 0.6) is 0 Å². The lowest BCUT2D eigenvalue weighted by atomic mass is 9.96. The number of fused-ring (bicyclic) bond motifs is 3.